The molecular weight excluding hydrogens is 440 g/mol. The number of benzene rings is 2. The average molecular weight is 461 g/mol. The Morgan fingerprint density at radius 3 is 2.42 bits per heavy atom. The van der Waals surface area contributed by atoms with E-state index in [4.69, 9.17) is 16.3 Å². The minimum Gasteiger partial charge on any atom is -0.465 e. The third kappa shape index (κ3) is 3.86. The van der Waals surface area contributed by atoms with E-state index in [-0.39, 0.29) is 21.0 Å². The van der Waals surface area contributed by atoms with Gasteiger partial charge < -0.3 is 4.74 Å². The first-order valence-electron chi connectivity index (χ1n) is 9.87. The number of esters is 1. The normalized spacial score (nSPS) is 15.2. The first-order chi connectivity index (χ1) is 14.8. The Morgan fingerprint density at radius 1 is 1.00 bits per heavy atom. The zero-order valence-corrected chi connectivity index (χ0v) is 18.4. The standard InChI is InChI=1S/C22H21ClN2O5S/c1-30-22(27)18-14-25(20-8-4-3-7-16(18)20)21(26)17-13-15(9-10-19(17)23)31(28,29)24-11-5-2-6-12-24/h3-4,7-10,13-14H,2,5-6,11-12H2,1H3. The number of para-hydroxylation sites is 1. The minimum atomic E-state index is -3.73. The highest BCUT2D eigenvalue weighted by atomic mass is 35.5. The molecule has 162 valence electrons. The summed E-state index contributed by atoms with van der Waals surface area (Å²) in [5, 5.41) is 0.677. The Bertz CT molecular complexity index is 1280. The Hall–Kier alpha value is -2.68. The van der Waals surface area contributed by atoms with E-state index in [1.807, 2.05) is 0 Å². The zero-order chi connectivity index (χ0) is 22.2. The van der Waals surface area contributed by atoms with Gasteiger partial charge in [0.15, 0.2) is 0 Å². The van der Waals surface area contributed by atoms with Crippen molar-refractivity contribution in [1.29, 1.82) is 0 Å². The fraction of sp³-hybridized carbons (Fsp3) is 0.273. The summed E-state index contributed by atoms with van der Waals surface area (Å²) in [6.45, 7) is 0.915. The molecule has 0 N–H and O–H groups in total. The molecule has 4 rings (SSSR count). The molecule has 0 radical (unpaired) electrons. The van der Waals surface area contributed by atoms with Crippen molar-refractivity contribution in [3.8, 4) is 0 Å². The molecule has 0 spiro atoms. The van der Waals surface area contributed by atoms with Gasteiger partial charge in [0.25, 0.3) is 5.91 Å². The van der Waals surface area contributed by atoms with Crippen molar-refractivity contribution in [3.05, 3.63) is 64.8 Å². The van der Waals surface area contributed by atoms with Crippen molar-refractivity contribution in [2.45, 2.75) is 24.2 Å². The van der Waals surface area contributed by atoms with E-state index in [0.29, 0.717) is 24.0 Å². The molecular formula is C22H21ClN2O5S. The van der Waals surface area contributed by atoms with Gasteiger partial charge in [-0.15, -0.1) is 0 Å². The number of carbonyl (C=O) groups excluding carboxylic acids is 2. The van der Waals surface area contributed by atoms with Crippen molar-refractivity contribution in [3.63, 3.8) is 0 Å². The first-order valence-corrected chi connectivity index (χ1v) is 11.7. The molecule has 0 amide bonds. The van der Waals surface area contributed by atoms with Crippen LogP contribution >= 0.6 is 11.6 Å². The molecule has 0 bridgehead atoms. The van der Waals surface area contributed by atoms with Gasteiger partial charge in [0.05, 0.1) is 33.7 Å². The van der Waals surface area contributed by atoms with E-state index in [2.05, 4.69) is 0 Å². The monoisotopic (exact) mass is 460 g/mol. The maximum absolute atomic E-state index is 13.4. The first kappa shape index (κ1) is 21.5. The zero-order valence-electron chi connectivity index (χ0n) is 16.9. The van der Waals surface area contributed by atoms with E-state index in [0.717, 1.165) is 19.3 Å². The summed E-state index contributed by atoms with van der Waals surface area (Å²) < 4.78 is 33.7. The van der Waals surface area contributed by atoms with Crippen LogP contribution in [0.1, 0.15) is 40.0 Å². The van der Waals surface area contributed by atoms with Crippen molar-refractivity contribution in [2.75, 3.05) is 20.2 Å². The molecule has 0 aliphatic carbocycles. The molecule has 0 atom stereocenters. The number of ether oxygens (including phenoxy) is 1. The second-order valence-corrected chi connectivity index (χ2v) is 9.68. The molecule has 1 saturated heterocycles. The molecule has 3 aromatic rings. The van der Waals surface area contributed by atoms with Crippen LogP contribution < -0.4 is 0 Å². The number of piperidine rings is 1. The van der Waals surface area contributed by atoms with Gasteiger partial charge in [-0.3, -0.25) is 9.36 Å². The number of hydrogen-bond donors (Lipinski definition) is 0. The van der Waals surface area contributed by atoms with Gasteiger partial charge in [0.1, 0.15) is 0 Å². The highest BCUT2D eigenvalue weighted by molar-refractivity contribution is 7.89. The van der Waals surface area contributed by atoms with E-state index in [1.54, 1.807) is 24.3 Å². The number of halogens is 1. The lowest BCUT2D eigenvalue weighted by Gasteiger charge is -2.26. The third-order valence-corrected chi connectivity index (χ3v) is 7.68. The smallest absolute Gasteiger partial charge is 0.340 e. The molecule has 7 nitrogen and oxygen atoms in total. The Balaban J connectivity index is 1.80. The van der Waals surface area contributed by atoms with Crippen LogP contribution in [-0.4, -0.2) is 49.4 Å². The number of hydrogen-bond acceptors (Lipinski definition) is 5. The lowest BCUT2D eigenvalue weighted by molar-refractivity contribution is 0.0603. The topological polar surface area (TPSA) is 85.7 Å². The number of rotatable bonds is 4. The van der Waals surface area contributed by atoms with E-state index < -0.39 is 21.9 Å². The maximum Gasteiger partial charge on any atom is 0.340 e. The molecule has 0 unspecified atom stereocenters. The van der Waals surface area contributed by atoms with Gasteiger partial charge in [0, 0.05) is 24.7 Å². The minimum absolute atomic E-state index is 0.0202. The second kappa shape index (κ2) is 8.45. The van der Waals surface area contributed by atoms with Gasteiger partial charge in [-0.25, -0.2) is 13.2 Å². The fourth-order valence-electron chi connectivity index (χ4n) is 3.83. The van der Waals surface area contributed by atoms with Crippen LogP contribution in [0.25, 0.3) is 10.9 Å². The lowest BCUT2D eigenvalue weighted by Crippen LogP contribution is -2.35. The van der Waals surface area contributed by atoms with Gasteiger partial charge >= 0.3 is 5.97 Å². The van der Waals surface area contributed by atoms with Crippen LogP contribution in [0.3, 0.4) is 0 Å². The second-order valence-electron chi connectivity index (χ2n) is 7.33. The number of carbonyl (C=O) groups is 2. The summed E-state index contributed by atoms with van der Waals surface area (Å²) in [5.74, 6) is -1.11. The molecule has 1 aliphatic heterocycles. The lowest BCUT2D eigenvalue weighted by atomic mass is 10.2. The summed E-state index contributed by atoms with van der Waals surface area (Å²) in [5.41, 5.74) is 0.768. The predicted octanol–water partition coefficient (Wildman–Crippen LogP) is 3.94. The predicted molar refractivity (Wildman–Crippen MR) is 117 cm³/mol. The maximum atomic E-state index is 13.4. The highest BCUT2D eigenvalue weighted by Gasteiger charge is 2.28. The summed E-state index contributed by atoms with van der Waals surface area (Å²) in [4.78, 5) is 25.6. The molecule has 2 aromatic carbocycles. The molecule has 1 aromatic heterocycles. The van der Waals surface area contributed by atoms with Gasteiger partial charge in [-0.05, 0) is 37.1 Å². The quantitative estimate of drug-likeness (QED) is 0.550. The van der Waals surface area contributed by atoms with Crippen LogP contribution in [0.15, 0.2) is 53.6 Å². The van der Waals surface area contributed by atoms with Crippen LogP contribution in [0.5, 0.6) is 0 Å². The van der Waals surface area contributed by atoms with E-state index in [9.17, 15) is 18.0 Å². The molecule has 2 heterocycles. The number of fused-ring (bicyclic) bond motifs is 1. The van der Waals surface area contributed by atoms with Crippen molar-refractivity contribution < 1.29 is 22.7 Å². The molecule has 9 heteroatoms. The molecule has 0 saturated carbocycles. The summed E-state index contributed by atoms with van der Waals surface area (Å²) in [6, 6.07) is 11.0. The average Bonchev–Trinajstić information content (AvgIpc) is 3.18. The van der Waals surface area contributed by atoms with E-state index >= 15 is 0 Å². The van der Waals surface area contributed by atoms with Crippen LogP contribution in [-0.2, 0) is 14.8 Å². The number of aromatic nitrogens is 1. The summed E-state index contributed by atoms with van der Waals surface area (Å²) >= 11 is 6.29. The van der Waals surface area contributed by atoms with Crippen molar-refractivity contribution >= 4 is 44.4 Å². The summed E-state index contributed by atoms with van der Waals surface area (Å²) in [7, 11) is -2.47. The Labute approximate surface area is 185 Å². The Morgan fingerprint density at radius 2 is 1.71 bits per heavy atom. The van der Waals surface area contributed by atoms with Crippen LogP contribution in [0, 0.1) is 0 Å². The molecule has 1 aliphatic rings. The number of methoxy groups -OCH3 is 1. The van der Waals surface area contributed by atoms with Gasteiger partial charge in [-0.2, -0.15) is 4.31 Å². The van der Waals surface area contributed by atoms with E-state index in [1.165, 1.54) is 40.4 Å². The molecule has 1 fully saturated rings. The van der Waals surface area contributed by atoms with Crippen LogP contribution in [0.2, 0.25) is 5.02 Å². The highest BCUT2D eigenvalue weighted by Crippen LogP contribution is 2.28. The Kier molecular flexibility index (Phi) is 5.88. The van der Waals surface area contributed by atoms with Crippen molar-refractivity contribution in [1.82, 2.24) is 8.87 Å². The largest absolute Gasteiger partial charge is 0.465 e. The van der Waals surface area contributed by atoms with Gasteiger partial charge in [0.2, 0.25) is 10.0 Å². The summed E-state index contributed by atoms with van der Waals surface area (Å²) in [6.07, 6.45) is 4.01. The third-order valence-electron chi connectivity index (χ3n) is 5.46. The number of nitrogens with zero attached hydrogens (tertiary/aromatic N) is 2. The fourth-order valence-corrected chi connectivity index (χ4v) is 5.58. The number of sulfonamides is 1. The SMILES string of the molecule is COC(=O)c1cn(C(=O)c2cc(S(=O)(=O)N3CCCCC3)ccc2Cl)c2ccccc12. The molecule has 31 heavy (non-hydrogen) atoms. The van der Waals surface area contributed by atoms with Crippen molar-refractivity contribution in [2.24, 2.45) is 0 Å². The van der Waals surface area contributed by atoms with Gasteiger partial charge in [-0.1, -0.05) is 36.2 Å². The van der Waals surface area contributed by atoms with Crippen LogP contribution in [0.4, 0.5) is 0 Å².